The van der Waals surface area contributed by atoms with Gasteiger partial charge in [0.25, 0.3) is 11.8 Å². The molecule has 0 bridgehead atoms. The van der Waals surface area contributed by atoms with Gasteiger partial charge in [-0.15, -0.1) is 13.2 Å². The number of hydrogen-bond donors (Lipinski definition) is 2. The highest BCUT2D eigenvalue weighted by Crippen LogP contribution is 2.48. The number of carboxylic acids is 1. The monoisotopic (exact) mass is 643 g/mol. The molecule has 2 N–H and O–H groups in total. The van der Waals surface area contributed by atoms with Crippen molar-refractivity contribution in [3.05, 3.63) is 65.2 Å². The third-order valence-corrected chi connectivity index (χ3v) is 8.97. The van der Waals surface area contributed by atoms with Crippen molar-refractivity contribution in [2.45, 2.75) is 97.6 Å². The number of rotatable bonds is 11. The summed E-state index contributed by atoms with van der Waals surface area (Å²) in [5.74, 6) is -1.23. The number of aliphatic imine (C=N–C) groups is 1. The first-order valence-corrected chi connectivity index (χ1v) is 15.9. The van der Waals surface area contributed by atoms with Crippen molar-refractivity contribution >= 4 is 23.5 Å². The molecule has 250 valence electrons. The van der Waals surface area contributed by atoms with E-state index in [1.54, 1.807) is 18.2 Å². The molecule has 1 atom stereocenters. The quantitative estimate of drug-likeness (QED) is 0.263. The molecule has 2 aromatic rings. The zero-order valence-corrected chi connectivity index (χ0v) is 27.1. The van der Waals surface area contributed by atoms with Gasteiger partial charge in [0.1, 0.15) is 17.1 Å². The lowest BCUT2D eigenvalue weighted by Gasteiger charge is -2.46. The number of halogens is 3. The maximum atomic E-state index is 14.5. The number of nitrogens with zero attached hydrogens (tertiary/aromatic N) is 2. The second-order valence-corrected chi connectivity index (χ2v) is 13.9. The molecule has 0 unspecified atom stereocenters. The molecule has 1 spiro atoms. The van der Waals surface area contributed by atoms with Crippen molar-refractivity contribution in [1.82, 2.24) is 10.2 Å². The fourth-order valence-electron chi connectivity index (χ4n) is 6.45. The highest BCUT2D eigenvalue weighted by atomic mass is 19.4. The molecule has 11 heteroatoms. The molecule has 1 aliphatic heterocycles. The summed E-state index contributed by atoms with van der Waals surface area (Å²) >= 11 is 0. The number of carbonyl (C=O) groups excluding carboxylic acids is 2. The summed E-state index contributed by atoms with van der Waals surface area (Å²) < 4.78 is 43.3. The summed E-state index contributed by atoms with van der Waals surface area (Å²) in [6.45, 7) is 10.7. The van der Waals surface area contributed by atoms with Crippen molar-refractivity contribution in [2.24, 2.45) is 22.2 Å². The summed E-state index contributed by atoms with van der Waals surface area (Å²) in [5.41, 5.74) is 0.639. The summed E-state index contributed by atoms with van der Waals surface area (Å²) in [5, 5.41) is 11.5. The fourth-order valence-corrected chi connectivity index (χ4v) is 6.45. The zero-order valence-electron chi connectivity index (χ0n) is 27.1. The maximum Gasteiger partial charge on any atom is 0.573 e. The average molecular weight is 644 g/mol. The van der Waals surface area contributed by atoms with Crippen LogP contribution in [0.15, 0.2) is 53.5 Å². The normalized spacial score (nSPS) is 21.0. The second kappa shape index (κ2) is 13.8. The van der Waals surface area contributed by atoms with E-state index in [-0.39, 0.29) is 35.6 Å². The predicted molar refractivity (Wildman–Crippen MR) is 168 cm³/mol. The van der Waals surface area contributed by atoms with E-state index in [9.17, 15) is 27.6 Å². The topological polar surface area (TPSA) is 108 Å². The van der Waals surface area contributed by atoms with Gasteiger partial charge in [0.05, 0.1) is 12.5 Å². The van der Waals surface area contributed by atoms with E-state index in [2.05, 4.69) is 44.7 Å². The number of carboxylic acid groups (broad SMARTS) is 1. The molecule has 2 aliphatic rings. The third-order valence-electron chi connectivity index (χ3n) is 8.97. The largest absolute Gasteiger partial charge is 0.573 e. The summed E-state index contributed by atoms with van der Waals surface area (Å²) in [6, 6.07) is 12.0. The Balaban J connectivity index is 1.73. The molecule has 2 amide bonds. The van der Waals surface area contributed by atoms with E-state index in [4.69, 9.17) is 10.1 Å². The van der Waals surface area contributed by atoms with E-state index in [0.717, 1.165) is 24.8 Å². The van der Waals surface area contributed by atoms with Crippen LogP contribution in [0.5, 0.6) is 5.75 Å². The van der Waals surface area contributed by atoms with Gasteiger partial charge >= 0.3 is 12.3 Å². The molecule has 0 saturated heterocycles. The lowest BCUT2D eigenvalue weighted by Crippen LogP contribution is -2.51. The first-order chi connectivity index (χ1) is 21.5. The SMILES string of the molecule is CC(C)C1CCC2(CC1)N=C(c1cccc(OC(F)(F)F)c1)C(=O)N2[C@H](CCC(C)(C)C)c1ccc(C(=O)NCCC(=O)O)cc1. The molecule has 8 nitrogen and oxygen atoms in total. The zero-order chi connectivity index (χ0) is 33.9. The Bertz CT molecular complexity index is 1440. The number of nitrogens with one attached hydrogen (secondary N) is 1. The van der Waals surface area contributed by atoms with Crippen molar-refractivity contribution in [2.75, 3.05) is 6.54 Å². The number of ether oxygens (including phenoxy) is 1. The Morgan fingerprint density at radius 3 is 2.30 bits per heavy atom. The number of amides is 2. The van der Waals surface area contributed by atoms with Crippen LogP contribution in [-0.4, -0.2) is 52.1 Å². The Morgan fingerprint density at radius 1 is 1.09 bits per heavy atom. The van der Waals surface area contributed by atoms with Crippen LogP contribution in [0.2, 0.25) is 0 Å². The van der Waals surface area contributed by atoms with E-state index in [1.807, 2.05) is 17.0 Å². The number of hydrogen-bond acceptors (Lipinski definition) is 5. The molecule has 1 heterocycles. The van der Waals surface area contributed by atoms with Crippen LogP contribution in [0.25, 0.3) is 0 Å². The van der Waals surface area contributed by atoms with Crippen LogP contribution in [0.1, 0.15) is 107 Å². The number of carbonyl (C=O) groups is 3. The molecule has 1 saturated carbocycles. The fraction of sp³-hybridized carbons (Fsp3) is 0.543. The van der Waals surface area contributed by atoms with E-state index in [1.165, 1.54) is 18.2 Å². The van der Waals surface area contributed by atoms with E-state index in [0.29, 0.717) is 36.7 Å². The van der Waals surface area contributed by atoms with Crippen LogP contribution in [-0.2, 0) is 9.59 Å². The highest BCUT2D eigenvalue weighted by Gasteiger charge is 2.52. The molecule has 0 aromatic heterocycles. The lowest BCUT2D eigenvalue weighted by atomic mass is 9.75. The van der Waals surface area contributed by atoms with Crippen molar-refractivity contribution in [1.29, 1.82) is 0 Å². The minimum absolute atomic E-state index is 0.00161. The van der Waals surface area contributed by atoms with Crippen molar-refractivity contribution in [3.63, 3.8) is 0 Å². The average Bonchev–Trinajstić information content (AvgIpc) is 3.23. The van der Waals surface area contributed by atoms with Crippen molar-refractivity contribution in [3.8, 4) is 5.75 Å². The van der Waals surface area contributed by atoms with Gasteiger partial charge in [-0.25, -0.2) is 0 Å². The lowest BCUT2D eigenvalue weighted by molar-refractivity contribution is -0.274. The molecule has 2 aromatic carbocycles. The predicted octanol–water partition coefficient (Wildman–Crippen LogP) is 7.53. The van der Waals surface area contributed by atoms with Gasteiger partial charge in [-0.2, -0.15) is 0 Å². The van der Waals surface area contributed by atoms with Gasteiger partial charge in [0.15, 0.2) is 0 Å². The highest BCUT2D eigenvalue weighted by molar-refractivity contribution is 6.46. The molecule has 0 radical (unpaired) electrons. The number of aliphatic carboxylic acids is 1. The van der Waals surface area contributed by atoms with Crippen LogP contribution in [0, 0.1) is 17.3 Å². The molecule has 4 rings (SSSR count). The van der Waals surface area contributed by atoms with Gasteiger partial charge < -0.3 is 20.1 Å². The van der Waals surface area contributed by atoms with Crippen LogP contribution in [0.3, 0.4) is 0 Å². The molecular weight excluding hydrogens is 599 g/mol. The maximum absolute atomic E-state index is 14.5. The van der Waals surface area contributed by atoms with Gasteiger partial charge in [0.2, 0.25) is 0 Å². The second-order valence-electron chi connectivity index (χ2n) is 13.9. The van der Waals surface area contributed by atoms with Gasteiger partial charge in [-0.05, 0) is 85.6 Å². The Hall–Kier alpha value is -3.89. The van der Waals surface area contributed by atoms with Crippen LogP contribution < -0.4 is 10.1 Å². The minimum Gasteiger partial charge on any atom is -0.481 e. The van der Waals surface area contributed by atoms with Gasteiger partial charge in [0, 0.05) is 17.7 Å². The third kappa shape index (κ3) is 8.67. The summed E-state index contributed by atoms with van der Waals surface area (Å²) in [6.07, 6.45) is -0.723. The standard InChI is InChI=1S/C35H44F3N3O5/c1-22(2)23-13-18-34(19-14-23)40-30(26-7-6-8-27(21-26)46-35(36,37)38)32(45)41(34)28(15-17-33(3,4)5)24-9-11-25(12-10-24)31(44)39-20-16-29(42)43/h6-12,21-23,28H,13-20H2,1-5H3,(H,39,44)(H,42,43)/t23?,28-,34?/m1/s1. The molecular formula is C35H44F3N3O5. The Morgan fingerprint density at radius 2 is 1.74 bits per heavy atom. The Kier molecular flexibility index (Phi) is 10.5. The van der Waals surface area contributed by atoms with E-state index < -0.39 is 35.7 Å². The molecule has 1 fully saturated rings. The first-order valence-electron chi connectivity index (χ1n) is 15.9. The summed E-state index contributed by atoms with van der Waals surface area (Å²) in [7, 11) is 0. The number of benzene rings is 2. The Labute approximate surface area is 268 Å². The van der Waals surface area contributed by atoms with Gasteiger partial charge in [-0.3, -0.25) is 19.4 Å². The first kappa shape index (κ1) is 35.0. The van der Waals surface area contributed by atoms with E-state index >= 15 is 0 Å². The van der Waals surface area contributed by atoms with Gasteiger partial charge in [-0.1, -0.05) is 58.9 Å². The molecule has 46 heavy (non-hydrogen) atoms. The number of alkyl halides is 3. The minimum atomic E-state index is -4.88. The summed E-state index contributed by atoms with van der Waals surface area (Å²) in [4.78, 5) is 44.9. The van der Waals surface area contributed by atoms with Crippen LogP contribution >= 0.6 is 0 Å². The van der Waals surface area contributed by atoms with Crippen LogP contribution in [0.4, 0.5) is 13.2 Å². The smallest absolute Gasteiger partial charge is 0.481 e. The molecule has 1 aliphatic carbocycles. The van der Waals surface area contributed by atoms with Crippen molar-refractivity contribution < 1.29 is 37.4 Å².